The number of hydrogen-bond acceptors (Lipinski definition) is 5. The van der Waals surface area contributed by atoms with Crippen molar-refractivity contribution in [1.29, 1.82) is 0 Å². The summed E-state index contributed by atoms with van der Waals surface area (Å²) in [5, 5.41) is 10.2. The molecule has 1 aromatic carbocycles. The van der Waals surface area contributed by atoms with E-state index in [4.69, 9.17) is 9.25 Å². The van der Waals surface area contributed by atoms with E-state index in [1.165, 1.54) is 0 Å². The van der Waals surface area contributed by atoms with Crippen LogP contribution in [0.4, 0.5) is 4.79 Å². The second-order valence-corrected chi connectivity index (χ2v) is 8.41. The largest absolute Gasteiger partial charge is 0.423 e. The SMILES string of the molecule is CC[C@H](C)c1nnc([C@@H]2CC3(CC3)[C@@H]3CN2C(=O)N3OCc2ccccc2)o1. The highest BCUT2D eigenvalue weighted by molar-refractivity contribution is 5.77. The van der Waals surface area contributed by atoms with Gasteiger partial charge >= 0.3 is 6.03 Å². The van der Waals surface area contributed by atoms with Crippen LogP contribution in [-0.2, 0) is 11.4 Å². The number of amides is 2. The zero-order valence-corrected chi connectivity index (χ0v) is 16.4. The van der Waals surface area contributed by atoms with Crippen molar-refractivity contribution in [2.75, 3.05) is 6.54 Å². The van der Waals surface area contributed by atoms with E-state index in [0.717, 1.165) is 31.2 Å². The van der Waals surface area contributed by atoms with Crippen LogP contribution in [0.3, 0.4) is 0 Å². The smallest absolute Gasteiger partial charge is 0.345 e. The number of carbonyl (C=O) groups excluding carboxylic acids is 1. The summed E-state index contributed by atoms with van der Waals surface area (Å²) in [5.74, 6) is 1.46. The molecule has 0 radical (unpaired) electrons. The van der Waals surface area contributed by atoms with E-state index >= 15 is 0 Å². The number of rotatable bonds is 6. The van der Waals surface area contributed by atoms with Crippen molar-refractivity contribution >= 4 is 6.03 Å². The third-order valence-electron chi connectivity index (χ3n) is 6.65. The molecular weight excluding hydrogens is 356 g/mol. The third kappa shape index (κ3) is 2.80. The van der Waals surface area contributed by atoms with Gasteiger partial charge in [-0.25, -0.2) is 4.79 Å². The molecule has 3 heterocycles. The third-order valence-corrected chi connectivity index (χ3v) is 6.65. The molecule has 3 fully saturated rings. The number of piperidine rings is 1. The van der Waals surface area contributed by atoms with Gasteiger partial charge in [0, 0.05) is 12.5 Å². The number of hydroxylamine groups is 2. The molecule has 2 aliphatic heterocycles. The molecule has 0 unspecified atom stereocenters. The standard InChI is InChI=1S/C21H26N4O3/c1-3-14(2)18-22-23-19(28-18)16-11-21(9-10-21)17-12-24(16)20(26)25(17)27-13-15-7-5-4-6-8-15/h4-8,14,16-17H,3,9-13H2,1-2H3/t14-,16-,17-/m0/s1. The Morgan fingerprint density at radius 3 is 2.79 bits per heavy atom. The van der Waals surface area contributed by atoms with Gasteiger partial charge in [0.15, 0.2) is 0 Å². The van der Waals surface area contributed by atoms with Crippen LogP contribution in [0.2, 0.25) is 0 Å². The predicted octanol–water partition coefficient (Wildman–Crippen LogP) is 4.05. The quantitative estimate of drug-likeness (QED) is 0.754. The first-order valence-corrected chi connectivity index (χ1v) is 10.2. The molecular formula is C21H26N4O3. The van der Waals surface area contributed by atoms with Crippen LogP contribution in [-0.4, -0.2) is 38.8 Å². The Hall–Kier alpha value is -2.41. The van der Waals surface area contributed by atoms with Gasteiger partial charge in [-0.05, 0) is 36.7 Å². The fraction of sp³-hybridized carbons (Fsp3) is 0.571. The Morgan fingerprint density at radius 2 is 2.07 bits per heavy atom. The summed E-state index contributed by atoms with van der Waals surface area (Å²) in [6, 6.07) is 9.83. The Bertz CT molecular complexity index is 864. The maximum Gasteiger partial charge on any atom is 0.345 e. The lowest BCUT2D eigenvalue weighted by molar-refractivity contribution is -0.153. The van der Waals surface area contributed by atoms with E-state index in [1.54, 1.807) is 5.06 Å². The zero-order chi connectivity index (χ0) is 19.3. The fourth-order valence-electron chi connectivity index (χ4n) is 4.47. The van der Waals surface area contributed by atoms with Crippen LogP contribution in [0, 0.1) is 5.41 Å². The zero-order valence-electron chi connectivity index (χ0n) is 16.4. The second-order valence-electron chi connectivity index (χ2n) is 8.41. The summed E-state index contributed by atoms with van der Waals surface area (Å²) in [7, 11) is 0. The average Bonchev–Trinajstić information content (AvgIpc) is 3.20. The highest BCUT2D eigenvalue weighted by atomic mass is 16.7. The lowest BCUT2D eigenvalue weighted by atomic mass is 9.85. The number of fused-ring (bicyclic) bond motifs is 3. The fourth-order valence-corrected chi connectivity index (χ4v) is 4.47. The van der Waals surface area contributed by atoms with Crippen LogP contribution in [0.15, 0.2) is 34.7 Å². The minimum absolute atomic E-state index is 0.0852. The number of nitrogens with zero attached hydrogens (tertiary/aromatic N) is 4. The van der Waals surface area contributed by atoms with Crippen molar-refractivity contribution in [3.63, 3.8) is 0 Å². The molecule has 2 aromatic rings. The molecule has 7 nitrogen and oxygen atoms in total. The highest BCUT2D eigenvalue weighted by Crippen LogP contribution is 2.61. The number of benzene rings is 1. The molecule has 0 N–H and O–H groups in total. The minimum atomic E-state index is -0.151. The van der Waals surface area contributed by atoms with Crippen LogP contribution in [0.25, 0.3) is 0 Å². The monoisotopic (exact) mass is 382 g/mol. The summed E-state index contributed by atoms with van der Waals surface area (Å²) in [5.41, 5.74) is 1.18. The molecule has 3 atom stereocenters. The van der Waals surface area contributed by atoms with E-state index in [1.807, 2.05) is 35.2 Å². The number of urea groups is 1. The molecule has 1 aromatic heterocycles. The Kier molecular flexibility index (Phi) is 4.16. The van der Waals surface area contributed by atoms with Crippen LogP contribution in [0.5, 0.6) is 0 Å². The molecule has 148 valence electrons. The molecule has 7 heteroatoms. The van der Waals surface area contributed by atoms with Crippen LogP contribution < -0.4 is 0 Å². The topological polar surface area (TPSA) is 71.7 Å². The van der Waals surface area contributed by atoms with Crippen LogP contribution in [0.1, 0.15) is 68.8 Å². The van der Waals surface area contributed by atoms with Gasteiger partial charge in [-0.15, -0.1) is 10.2 Å². The van der Waals surface area contributed by atoms with Crippen molar-refractivity contribution in [3.8, 4) is 0 Å². The van der Waals surface area contributed by atoms with Gasteiger partial charge in [0.1, 0.15) is 12.6 Å². The minimum Gasteiger partial charge on any atom is -0.423 e. The van der Waals surface area contributed by atoms with E-state index in [-0.39, 0.29) is 29.4 Å². The summed E-state index contributed by atoms with van der Waals surface area (Å²) in [6.45, 7) is 5.25. The van der Waals surface area contributed by atoms with Gasteiger partial charge in [0.05, 0.1) is 6.04 Å². The van der Waals surface area contributed by atoms with Gasteiger partial charge in [-0.1, -0.05) is 44.2 Å². The number of hydrogen-bond donors (Lipinski definition) is 0. The average molecular weight is 382 g/mol. The first-order valence-electron chi connectivity index (χ1n) is 10.2. The second kappa shape index (κ2) is 6.58. The maximum atomic E-state index is 13.1. The molecule has 1 aliphatic carbocycles. The van der Waals surface area contributed by atoms with E-state index in [9.17, 15) is 4.79 Å². The molecule has 2 saturated heterocycles. The van der Waals surface area contributed by atoms with Crippen LogP contribution >= 0.6 is 0 Å². The van der Waals surface area contributed by atoms with Gasteiger partial charge in [-0.3, -0.25) is 4.84 Å². The van der Waals surface area contributed by atoms with Gasteiger partial charge in [0.2, 0.25) is 11.8 Å². The maximum absolute atomic E-state index is 13.1. The lowest BCUT2D eigenvalue weighted by Gasteiger charge is -2.35. The van der Waals surface area contributed by atoms with Crippen molar-refractivity contribution in [2.24, 2.45) is 5.41 Å². The van der Waals surface area contributed by atoms with Crippen molar-refractivity contribution < 1.29 is 14.0 Å². The molecule has 2 amide bonds. The van der Waals surface area contributed by atoms with Gasteiger partial charge in [0.25, 0.3) is 0 Å². The summed E-state index contributed by atoms with van der Waals surface area (Å²) >= 11 is 0. The van der Waals surface area contributed by atoms with E-state index in [0.29, 0.717) is 24.9 Å². The number of aromatic nitrogens is 2. The highest BCUT2D eigenvalue weighted by Gasteiger charge is 2.64. The first kappa shape index (κ1) is 17.7. The Morgan fingerprint density at radius 1 is 1.29 bits per heavy atom. The molecule has 28 heavy (non-hydrogen) atoms. The predicted molar refractivity (Wildman–Crippen MR) is 101 cm³/mol. The summed E-state index contributed by atoms with van der Waals surface area (Å²) in [4.78, 5) is 21.0. The molecule has 5 rings (SSSR count). The Balaban J connectivity index is 1.37. The Labute approximate surface area is 164 Å². The van der Waals surface area contributed by atoms with Crippen molar-refractivity contribution in [3.05, 3.63) is 47.7 Å². The van der Waals surface area contributed by atoms with Gasteiger partial charge in [-0.2, -0.15) is 5.06 Å². The first-order chi connectivity index (χ1) is 13.6. The van der Waals surface area contributed by atoms with E-state index < -0.39 is 0 Å². The summed E-state index contributed by atoms with van der Waals surface area (Å²) < 4.78 is 5.98. The molecule has 3 aliphatic rings. The number of carbonyl (C=O) groups is 1. The van der Waals surface area contributed by atoms with Crippen molar-refractivity contribution in [2.45, 2.75) is 64.1 Å². The normalized spacial score (nSPS) is 26.1. The van der Waals surface area contributed by atoms with Crippen molar-refractivity contribution in [1.82, 2.24) is 20.2 Å². The van der Waals surface area contributed by atoms with Gasteiger partial charge < -0.3 is 9.32 Å². The molecule has 2 bridgehead atoms. The summed E-state index contributed by atoms with van der Waals surface area (Å²) in [6.07, 6.45) is 4.05. The molecule has 1 spiro atoms. The lowest BCUT2D eigenvalue weighted by Crippen LogP contribution is -2.42. The van der Waals surface area contributed by atoms with E-state index in [2.05, 4.69) is 24.0 Å². The molecule has 1 saturated carbocycles.